The number of hydrogen-bond acceptors (Lipinski definition) is 5. The van der Waals surface area contributed by atoms with E-state index in [-0.39, 0.29) is 22.1 Å². The van der Waals surface area contributed by atoms with Crippen LogP contribution in [0.15, 0.2) is 23.0 Å². The second kappa shape index (κ2) is 6.67. The van der Waals surface area contributed by atoms with E-state index in [0.717, 1.165) is 32.0 Å². The second-order valence-electron chi connectivity index (χ2n) is 7.51. The summed E-state index contributed by atoms with van der Waals surface area (Å²) in [5.74, 6) is 0.752. The van der Waals surface area contributed by atoms with Crippen LogP contribution in [-0.4, -0.2) is 14.5 Å². The smallest absolute Gasteiger partial charge is 0.273 e. The Bertz CT molecular complexity index is 1220. The highest BCUT2D eigenvalue weighted by Gasteiger charge is 2.24. The van der Waals surface area contributed by atoms with Crippen LogP contribution in [0.25, 0.3) is 21.9 Å². The fourth-order valence-electron chi connectivity index (χ4n) is 3.76. The third-order valence-electron chi connectivity index (χ3n) is 5.39. The number of fused-ring (bicyclic) bond motifs is 2. The molecule has 0 bridgehead atoms. The van der Waals surface area contributed by atoms with Crippen LogP contribution < -0.4 is 5.56 Å². The van der Waals surface area contributed by atoms with Gasteiger partial charge in [-0.25, -0.2) is 4.98 Å². The van der Waals surface area contributed by atoms with Crippen LogP contribution in [0.2, 0.25) is 0 Å². The van der Waals surface area contributed by atoms with Gasteiger partial charge in [0.25, 0.3) is 11.2 Å². The molecule has 2 aromatic heterocycles. The van der Waals surface area contributed by atoms with Gasteiger partial charge >= 0.3 is 0 Å². The van der Waals surface area contributed by atoms with Crippen molar-refractivity contribution in [3.8, 4) is 0 Å². The summed E-state index contributed by atoms with van der Waals surface area (Å²) in [6.45, 7) is 8.44. The molecule has 28 heavy (non-hydrogen) atoms. The van der Waals surface area contributed by atoms with E-state index in [1.807, 2.05) is 45.9 Å². The van der Waals surface area contributed by atoms with Gasteiger partial charge in [-0.1, -0.05) is 26.0 Å². The zero-order valence-corrected chi connectivity index (χ0v) is 17.1. The quantitative estimate of drug-likeness (QED) is 0.459. The number of nitrogens with zero attached hydrogens (tertiary/aromatic N) is 3. The number of benzene rings is 1. The maximum Gasteiger partial charge on any atom is 0.273 e. The van der Waals surface area contributed by atoms with Crippen molar-refractivity contribution in [2.45, 2.75) is 46.6 Å². The molecule has 0 spiro atoms. The number of aryl methyl sites for hydroxylation is 2. The molecule has 4 rings (SSSR count). The minimum absolute atomic E-state index is 0.00591. The minimum Gasteiger partial charge on any atom is -0.292 e. The molecular formula is C21H21N3O3S. The van der Waals surface area contributed by atoms with Crippen molar-refractivity contribution < 1.29 is 4.92 Å². The van der Waals surface area contributed by atoms with Crippen LogP contribution in [0.1, 0.15) is 53.6 Å². The van der Waals surface area contributed by atoms with Crippen LogP contribution in [0.5, 0.6) is 0 Å². The molecule has 144 valence electrons. The predicted octanol–water partition coefficient (Wildman–Crippen LogP) is 5.05. The van der Waals surface area contributed by atoms with Gasteiger partial charge in [0.05, 0.1) is 10.3 Å². The van der Waals surface area contributed by atoms with Crippen molar-refractivity contribution in [3.63, 3.8) is 0 Å². The lowest BCUT2D eigenvalue weighted by atomic mass is 9.98. The SMILES string of the molecule is Cc1sc2nc3n(c(=O)c2c1C)CC/C3=C\c1ccc(C(C)C)c([N+](=O)[O-])c1. The zero-order chi connectivity index (χ0) is 20.2. The van der Waals surface area contributed by atoms with Crippen LogP contribution in [0.4, 0.5) is 5.69 Å². The minimum atomic E-state index is -0.330. The van der Waals surface area contributed by atoms with Crippen molar-refractivity contribution in [1.29, 1.82) is 0 Å². The molecule has 0 unspecified atom stereocenters. The lowest BCUT2D eigenvalue weighted by Gasteiger charge is -2.07. The topological polar surface area (TPSA) is 78.0 Å². The molecule has 1 aliphatic rings. The van der Waals surface area contributed by atoms with E-state index < -0.39 is 0 Å². The molecule has 0 fully saturated rings. The van der Waals surface area contributed by atoms with E-state index in [0.29, 0.717) is 24.2 Å². The summed E-state index contributed by atoms with van der Waals surface area (Å²) in [7, 11) is 0. The number of nitro groups is 1. The van der Waals surface area contributed by atoms with Gasteiger partial charge in [0.15, 0.2) is 0 Å². The molecule has 1 aromatic carbocycles. The van der Waals surface area contributed by atoms with Gasteiger partial charge in [0.1, 0.15) is 10.7 Å². The number of allylic oxidation sites excluding steroid dienone is 1. The fraction of sp³-hybridized carbons (Fsp3) is 0.333. The summed E-state index contributed by atoms with van der Waals surface area (Å²) in [6, 6.07) is 5.33. The summed E-state index contributed by atoms with van der Waals surface area (Å²) in [5, 5.41) is 12.2. The number of nitro benzene ring substituents is 1. The summed E-state index contributed by atoms with van der Waals surface area (Å²) in [5.41, 5.74) is 3.56. The Kier molecular flexibility index (Phi) is 4.42. The van der Waals surface area contributed by atoms with E-state index in [4.69, 9.17) is 4.98 Å². The number of thiophene rings is 1. The molecule has 0 N–H and O–H groups in total. The molecule has 0 saturated heterocycles. The van der Waals surface area contributed by atoms with Gasteiger partial charge in [-0.2, -0.15) is 0 Å². The first-order valence-corrected chi connectivity index (χ1v) is 10.1. The lowest BCUT2D eigenvalue weighted by molar-refractivity contribution is -0.385. The van der Waals surface area contributed by atoms with Gasteiger partial charge in [0.2, 0.25) is 0 Å². The Balaban J connectivity index is 1.85. The molecule has 7 heteroatoms. The van der Waals surface area contributed by atoms with Gasteiger partial charge in [-0.15, -0.1) is 11.3 Å². The third kappa shape index (κ3) is 2.86. The Morgan fingerprint density at radius 1 is 1.32 bits per heavy atom. The first-order valence-electron chi connectivity index (χ1n) is 9.27. The summed E-state index contributed by atoms with van der Waals surface area (Å²) in [6.07, 6.45) is 2.61. The van der Waals surface area contributed by atoms with Crippen molar-refractivity contribution in [1.82, 2.24) is 9.55 Å². The maximum atomic E-state index is 12.9. The molecule has 1 aliphatic heterocycles. The summed E-state index contributed by atoms with van der Waals surface area (Å²) < 4.78 is 1.73. The first-order chi connectivity index (χ1) is 13.3. The monoisotopic (exact) mass is 395 g/mol. The van der Waals surface area contributed by atoms with Crippen LogP contribution in [0.3, 0.4) is 0 Å². The molecule has 3 aromatic rings. The highest BCUT2D eigenvalue weighted by Crippen LogP contribution is 2.33. The van der Waals surface area contributed by atoms with Gasteiger partial charge in [-0.05, 0) is 49.0 Å². The van der Waals surface area contributed by atoms with E-state index in [9.17, 15) is 14.9 Å². The third-order valence-corrected chi connectivity index (χ3v) is 6.50. The molecule has 0 aliphatic carbocycles. The Morgan fingerprint density at radius 2 is 2.07 bits per heavy atom. The van der Waals surface area contributed by atoms with Gasteiger partial charge in [0, 0.05) is 23.1 Å². The van der Waals surface area contributed by atoms with Crippen LogP contribution in [-0.2, 0) is 6.54 Å². The summed E-state index contributed by atoms with van der Waals surface area (Å²) >= 11 is 1.54. The molecule has 3 heterocycles. The zero-order valence-electron chi connectivity index (χ0n) is 16.3. The number of aromatic nitrogens is 2. The fourth-order valence-corrected chi connectivity index (χ4v) is 4.78. The Hall–Kier alpha value is -2.80. The number of hydrogen-bond donors (Lipinski definition) is 0. The van der Waals surface area contributed by atoms with Gasteiger partial charge in [-0.3, -0.25) is 19.5 Å². The van der Waals surface area contributed by atoms with E-state index in [2.05, 4.69) is 0 Å². The molecule has 0 radical (unpaired) electrons. The normalized spacial score (nSPS) is 15.0. The molecular weight excluding hydrogens is 374 g/mol. The summed E-state index contributed by atoms with van der Waals surface area (Å²) in [4.78, 5) is 30.7. The van der Waals surface area contributed by atoms with Crippen molar-refractivity contribution in [3.05, 3.63) is 66.1 Å². The van der Waals surface area contributed by atoms with Crippen molar-refractivity contribution >= 4 is 38.9 Å². The average molecular weight is 395 g/mol. The highest BCUT2D eigenvalue weighted by molar-refractivity contribution is 7.18. The molecule has 0 saturated carbocycles. The standard InChI is InChI=1S/C21H21N3O3S/c1-11(2)16-6-5-14(10-17(16)24(26)27)9-15-7-8-23-19(15)22-20-18(21(23)25)12(3)13(4)28-20/h5-6,9-11H,7-8H2,1-4H3/b15-9+. The van der Waals surface area contributed by atoms with E-state index in [1.54, 1.807) is 10.6 Å². The Labute approximate surface area is 166 Å². The van der Waals surface area contributed by atoms with E-state index >= 15 is 0 Å². The molecule has 0 atom stereocenters. The van der Waals surface area contributed by atoms with Crippen LogP contribution in [0, 0.1) is 24.0 Å². The second-order valence-corrected chi connectivity index (χ2v) is 8.71. The predicted molar refractivity (Wildman–Crippen MR) is 113 cm³/mol. The molecule has 6 nitrogen and oxygen atoms in total. The lowest BCUT2D eigenvalue weighted by Crippen LogP contribution is -2.20. The van der Waals surface area contributed by atoms with Crippen molar-refractivity contribution in [2.24, 2.45) is 0 Å². The molecule has 0 amide bonds. The number of rotatable bonds is 3. The van der Waals surface area contributed by atoms with Gasteiger partial charge < -0.3 is 0 Å². The maximum absolute atomic E-state index is 12.9. The first kappa shape index (κ1) is 18.6. The largest absolute Gasteiger partial charge is 0.292 e. The van der Waals surface area contributed by atoms with E-state index in [1.165, 1.54) is 11.3 Å². The Morgan fingerprint density at radius 3 is 2.75 bits per heavy atom. The highest BCUT2D eigenvalue weighted by atomic mass is 32.1. The van der Waals surface area contributed by atoms with Crippen LogP contribution >= 0.6 is 11.3 Å². The van der Waals surface area contributed by atoms with Crippen molar-refractivity contribution in [2.75, 3.05) is 0 Å². The average Bonchev–Trinajstić information content (AvgIpc) is 3.16.